The molecule has 0 radical (unpaired) electrons. The molecule has 2 rings (SSSR count). The van der Waals surface area contributed by atoms with Crippen LogP contribution in [-0.2, 0) is 10.3 Å². The van der Waals surface area contributed by atoms with Crippen molar-refractivity contribution in [3.05, 3.63) is 29.8 Å². The van der Waals surface area contributed by atoms with E-state index in [0.29, 0.717) is 6.61 Å². The first kappa shape index (κ1) is 7.58. The summed E-state index contributed by atoms with van der Waals surface area (Å²) < 4.78 is 5.14. The topological polar surface area (TPSA) is 53.0 Å². The van der Waals surface area contributed by atoms with E-state index in [4.69, 9.17) is 14.9 Å². The van der Waals surface area contributed by atoms with E-state index in [1.807, 2.05) is 0 Å². The molecule has 2 N–H and O–H groups in total. The second-order valence-electron chi connectivity index (χ2n) is 2.99. The van der Waals surface area contributed by atoms with Crippen LogP contribution in [0.5, 0.6) is 5.75 Å². The number of aromatic hydroxyl groups is 1. The van der Waals surface area contributed by atoms with Crippen molar-refractivity contribution in [3.8, 4) is 5.75 Å². The number of phenols is 1. The smallest absolute Gasteiger partial charge is 0.139 e. The number of hydrogen-bond donors (Lipinski definition) is 2. The third kappa shape index (κ3) is 1.07. The first-order valence-electron chi connectivity index (χ1n) is 3.81. The highest BCUT2D eigenvalue weighted by Crippen LogP contribution is 2.38. The van der Waals surface area contributed by atoms with Crippen LogP contribution in [0.15, 0.2) is 24.3 Å². The fourth-order valence-corrected chi connectivity index (χ4v) is 1.20. The Hall–Kier alpha value is -1.06. The largest absolute Gasteiger partial charge is 0.508 e. The summed E-state index contributed by atoms with van der Waals surface area (Å²) in [4.78, 5) is 0. The Labute approximate surface area is 70.2 Å². The van der Waals surface area contributed by atoms with Crippen molar-refractivity contribution in [1.82, 2.24) is 0 Å². The Morgan fingerprint density at radius 3 is 2.33 bits per heavy atom. The van der Waals surface area contributed by atoms with Crippen molar-refractivity contribution in [2.45, 2.75) is 5.60 Å². The summed E-state index contributed by atoms with van der Waals surface area (Å²) in [6.45, 7) is 0.562. The molecule has 1 saturated heterocycles. The van der Waals surface area contributed by atoms with Gasteiger partial charge < -0.3 is 14.9 Å². The molecule has 0 saturated carbocycles. The van der Waals surface area contributed by atoms with Crippen molar-refractivity contribution in [2.24, 2.45) is 0 Å². The Morgan fingerprint density at radius 2 is 1.92 bits per heavy atom. The number of benzene rings is 1. The molecule has 0 aliphatic carbocycles. The minimum absolute atomic E-state index is 0.00221. The average molecular weight is 166 g/mol. The average Bonchev–Trinajstić information content (AvgIpc) is 2.86. The Kier molecular flexibility index (Phi) is 1.56. The van der Waals surface area contributed by atoms with Crippen LogP contribution >= 0.6 is 0 Å². The molecule has 0 bridgehead atoms. The summed E-state index contributed by atoms with van der Waals surface area (Å²) in [5, 5.41) is 18.0. The lowest BCUT2D eigenvalue weighted by Crippen LogP contribution is -2.13. The Bertz CT molecular complexity index is 274. The third-order valence-corrected chi connectivity index (χ3v) is 2.14. The number of ether oxygens (including phenoxy) is 1. The van der Waals surface area contributed by atoms with E-state index in [2.05, 4.69) is 0 Å². The zero-order chi connectivity index (χ0) is 8.60. The standard InChI is InChI=1S/C9H10O3/c10-5-9(6-12-9)7-1-3-8(11)4-2-7/h1-4,10-11H,5-6H2/t9-/m1/s1. The SMILES string of the molecule is OC[C@]1(c2ccc(O)cc2)CO1. The van der Waals surface area contributed by atoms with Gasteiger partial charge in [-0.1, -0.05) is 12.1 Å². The molecule has 1 atom stereocenters. The number of epoxide rings is 1. The summed E-state index contributed by atoms with van der Waals surface area (Å²) >= 11 is 0. The number of rotatable bonds is 2. The van der Waals surface area contributed by atoms with E-state index in [9.17, 15) is 0 Å². The van der Waals surface area contributed by atoms with Gasteiger partial charge in [0.05, 0.1) is 13.2 Å². The monoisotopic (exact) mass is 166 g/mol. The predicted octanol–water partition coefficient (Wildman–Crippen LogP) is 0.610. The van der Waals surface area contributed by atoms with Crippen LogP contribution in [0.1, 0.15) is 5.56 Å². The van der Waals surface area contributed by atoms with Crippen LogP contribution in [0.2, 0.25) is 0 Å². The maximum atomic E-state index is 9.01. The predicted molar refractivity (Wildman–Crippen MR) is 42.8 cm³/mol. The van der Waals surface area contributed by atoms with Crippen molar-refractivity contribution in [3.63, 3.8) is 0 Å². The molecule has 12 heavy (non-hydrogen) atoms. The lowest BCUT2D eigenvalue weighted by molar-refractivity contribution is 0.172. The molecule has 3 nitrogen and oxygen atoms in total. The fraction of sp³-hybridized carbons (Fsp3) is 0.333. The first-order chi connectivity index (χ1) is 5.77. The summed E-state index contributed by atoms with van der Waals surface area (Å²) in [6, 6.07) is 6.71. The van der Waals surface area contributed by atoms with E-state index in [1.165, 1.54) is 0 Å². The molecule has 1 fully saturated rings. The van der Waals surface area contributed by atoms with Crippen LogP contribution in [0, 0.1) is 0 Å². The number of aliphatic hydroxyl groups excluding tert-OH is 1. The Morgan fingerprint density at radius 1 is 1.33 bits per heavy atom. The normalized spacial score (nSPS) is 27.1. The van der Waals surface area contributed by atoms with Crippen molar-refractivity contribution in [1.29, 1.82) is 0 Å². The van der Waals surface area contributed by atoms with Crippen LogP contribution in [0.3, 0.4) is 0 Å². The highest BCUT2D eigenvalue weighted by molar-refractivity contribution is 5.32. The summed E-state index contributed by atoms with van der Waals surface area (Å²) in [7, 11) is 0. The van der Waals surface area contributed by atoms with Gasteiger partial charge in [-0.25, -0.2) is 0 Å². The van der Waals surface area contributed by atoms with E-state index in [1.54, 1.807) is 24.3 Å². The minimum Gasteiger partial charge on any atom is -0.508 e. The van der Waals surface area contributed by atoms with Gasteiger partial charge in [0.1, 0.15) is 11.4 Å². The van der Waals surface area contributed by atoms with Gasteiger partial charge in [0.2, 0.25) is 0 Å². The van der Waals surface area contributed by atoms with Gasteiger partial charge in [0.25, 0.3) is 0 Å². The van der Waals surface area contributed by atoms with Gasteiger partial charge >= 0.3 is 0 Å². The highest BCUT2D eigenvalue weighted by atomic mass is 16.6. The summed E-state index contributed by atoms with van der Waals surface area (Å²) in [6.07, 6.45) is 0. The van der Waals surface area contributed by atoms with Crippen LogP contribution in [0.4, 0.5) is 0 Å². The van der Waals surface area contributed by atoms with Gasteiger partial charge in [0.15, 0.2) is 0 Å². The van der Waals surface area contributed by atoms with Crippen LogP contribution in [0.25, 0.3) is 0 Å². The Balaban J connectivity index is 2.29. The van der Waals surface area contributed by atoms with Crippen molar-refractivity contribution < 1.29 is 14.9 Å². The fourth-order valence-electron chi connectivity index (χ4n) is 1.20. The van der Waals surface area contributed by atoms with E-state index in [0.717, 1.165) is 5.56 Å². The van der Waals surface area contributed by atoms with Crippen molar-refractivity contribution >= 4 is 0 Å². The number of phenolic OH excluding ortho intramolecular Hbond substituents is 1. The van der Waals surface area contributed by atoms with Gasteiger partial charge in [-0.15, -0.1) is 0 Å². The first-order valence-corrected chi connectivity index (χ1v) is 3.81. The maximum Gasteiger partial charge on any atom is 0.139 e. The maximum absolute atomic E-state index is 9.01. The van der Waals surface area contributed by atoms with Gasteiger partial charge in [-0.2, -0.15) is 0 Å². The molecule has 0 amide bonds. The molecule has 1 heterocycles. The molecule has 1 aliphatic heterocycles. The molecule has 1 aliphatic rings. The lowest BCUT2D eigenvalue weighted by atomic mass is 10.0. The quantitative estimate of drug-likeness (QED) is 0.633. The molecular weight excluding hydrogens is 156 g/mol. The van der Waals surface area contributed by atoms with Crippen molar-refractivity contribution in [2.75, 3.05) is 13.2 Å². The number of aliphatic hydroxyl groups is 1. The number of hydrogen-bond acceptors (Lipinski definition) is 3. The molecule has 3 heteroatoms. The molecule has 1 aromatic rings. The summed E-state index contributed by atoms with van der Waals surface area (Å²) in [5.41, 5.74) is 0.441. The van der Waals surface area contributed by atoms with Gasteiger partial charge in [0, 0.05) is 0 Å². The second-order valence-corrected chi connectivity index (χ2v) is 2.99. The molecule has 0 spiro atoms. The molecular formula is C9H10O3. The highest BCUT2D eigenvalue weighted by Gasteiger charge is 2.45. The lowest BCUT2D eigenvalue weighted by Gasteiger charge is -2.07. The van der Waals surface area contributed by atoms with E-state index < -0.39 is 5.60 Å². The second kappa shape index (κ2) is 2.47. The van der Waals surface area contributed by atoms with Crippen LogP contribution in [-0.4, -0.2) is 23.4 Å². The van der Waals surface area contributed by atoms with Crippen LogP contribution < -0.4 is 0 Å². The third-order valence-electron chi connectivity index (χ3n) is 2.14. The zero-order valence-corrected chi connectivity index (χ0v) is 6.53. The molecule has 0 aromatic heterocycles. The molecule has 0 unspecified atom stereocenters. The van der Waals surface area contributed by atoms with E-state index in [-0.39, 0.29) is 12.4 Å². The van der Waals surface area contributed by atoms with Gasteiger partial charge in [-0.05, 0) is 17.7 Å². The molecule has 1 aromatic carbocycles. The van der Waals surface area contributed by atoms with E-state index >= 15 is 0 Å². The minimum atomic E-state index is -0.478. The zero-order valence-electron chi connectivity index (χ0n) is 6.53. The van der Waals surface area contributed by atoms with Gasteiger partial charge in [-0.3, -0.25) is 0 Å². The summed E-state index contributed by atoms with van der Waals surface area (Å²) in [5.74, 6) is 0.229. The molecule has 64 valence electrons.